The molecular formula is C12H9ClF3N3OS. The highest BCUT2D eigenvalue weighted by Crippen LogP contribution is 2.33. The van der Waals surface area contributed by atoms with Crippen molar-refractivity contribution in [2.75, 3.05) is 11.1 Å². The van der Waals surface area contributed by atoms with E-state index in [-0.39, 0.29) is 17.1 Å². The number of hydrogen-bond donors (Lipinski definition) is 2. The highest BCUT2D eigenvalue weighted by Gasteiger charge is 2.30. The van der Waals surface area contributed by atoms with Crippen LogP contribution in [0.3, 0.4) is 0 Å². The Kier molecular flexibility index (Phi) is 4.38. The fourth-order valence-electron chi connectivity index (χ4n) is 1.56. The van der Waals surface area contributed by atoms with E-state index in [4.69, 9.17) is 17.3 Å². The molecule has 0 aliphatic carbocycles. The molecule has 1 aromatic carbocycles. The van der Waals surface area contributed by atoms with Crippen LogP contribution in [0.15, 0.2) is 23.6 Å². The van der Waals surface area contributed by atoms with Crippen molar-refractivity contribution < 1.29 is 18.0 Å². The predicted octanol–water partition coefficient (Wildman–Crippen LogP) is 3.58. The molecule has 0 fully saturated rings. The van der Waals surface area contributed by atoms with Gasteiger partial charge in [-0.1, -0.05) is 11.6 Å². The first-order chi connectivity index (χ1) is 9.75. The summed E-state index contributed by atoms with van der Waals surface area (Å²) in [6.07, 6.45) is -4.52. The number of rotatable bonds is 3. The van der Waals surface area contributed by atoms with Crippen molar-refractivity contribution in [3.05, 3.63) is 39.9 Å². The van der Waals surface area contributed by atoms with E-state index in [0.717, 1.165) is 18.2 Å². The minimum absolute atomic E-state index is 0.0367. The zero-order valence-electron chi connectivity index (χ0n) is 10.4. The van der Waals surface area contributed by atoms with Gasteiger partial charge >= 0.3 is 6.18 Å². The topological polar surface area (TPSA) is 68.0 Å². The molecule has 9 heteroatoms. The maximum atomic E-state index is 12.5. The lowest BCUT2D eigenvalue weighted by atomic mass is 10.2. The van der Waals surface area contributed by atoms with Crippen molar-refractivity contribution >= 4 is 39.7 Å². The molecule has 0 atom stereocenters. The fourth-order valence-corrected chi connectivity index (χ4v) is 2.35. The second-order valence-corrected chi connectivity index (χ2v) is 5.39. The van der Waals surface area contributed by atoms with E-state index in [1.807, 2.05) is 0 Å². The molecule has 0 saturated heterocycles. The van der Waals surface area contributed by atoms with E-state index < -0.39 is 17.6 Å². The molecule has 2 rings (SSSR count). The summed E-state index contributed by atoms with van der Waals surface area (Å²) in [6, 6.07) is 2.72. The minimum Gasteiger partial charge on any atom is -0.375 e. The zero-order valence-corrected chi connectivity index (χ0v) is 11.9. The van der Waals surface area contributed by atoms with Crippen LogP contribution in [0.25, 0.3) is 0 Å². The second-order valence-electron chi connectivity index (χ2n) is 4.09. The number of alkyl halides is 3. The van der Waals surface area contributed by atoms with Crippen LogP contribution in [0.2, 0.25) is 5.02 Å². The van der Waals surface area contributed by atoms with Gasteiger partial charge in [0.25, 0.3) is 0 Å². The summed E-state index contributed by atoms with van der Waals surface area (Å²) >= 11 is 6.93. The Labute approximate surface area is 126 Å². The Morgan fingerprint density at radius 3 is 2.67 bits per heavy atom. The van der Waals surface area contributed by atoms with Gasteiger partial charge in [-0.25, -0.2) is 4.98 Å². The van der Waals surface area contributed by atoms with Crippen molar-refractivity contribution in [3.8, 4) is 0 Å². The molecule has 3 N–H and O–H groups in total. The molecule has 1 amide bonds. The Morgan fingerprint density at radius 1 is 1.43 bits per heavy atom. The van der Waals surface area contributed by atoms with E-state index in [0.29, 0.717) is 10.8 Å². The van der Waals surface area contributed by atoms with Crippen LogP contribution in [-0.4, -0.2) is 10.9 Å². The number of amides is 1. The molecule has 21 heavy (non-hydrogen) atoms. The zero-order chi connectivity index (χ0) is 15.6. The fraction of sp³-hybridized carbons (Fsp3) is 0.167. The molecule has 0 radical (unpaired) electrons. The van der Waals surface area contributed by atoms with Gasteiger partial charge in [-0.2, -0.15) is 13.2 Å². The van der Waals surface area contributed by atoms with Gasteiger partial charge in [0.2, 0.25) is 5.91 Å². The summed E-state index contributed by atoms with van der Waals surface area (Å²) in [7, 11) is 0. The SMILES string of the molecule is Nc1nc(CC(=O)Nc2ccc(C(F)(F)F)cc2Cl)cs1. The third kappa shape index (κ3) is 4.08. The van der Waals surface area contributed by atoms with Crippen molar-refractivity contribution in [3.63, 3.8) is 0 Å². The third-order valence-electron chi connectivity index (χ3n) is 2.48. The van der Waals surface area contributed by atoms with E-state index in [1.54, 1.807) is 5.38 Å². The molecule has 0 bridgehead atoms. The third-order valence-corrected chi connectivity index (χ3v) is 3.52. The van der Waals surface area contributed by atoms with Gasteiger partial charge in [-0.05, 0) is 18.2 Å². The summed E-state index contributed by atoms with van der Waals surface area (Å²) in [5.74, 6) is -0.443. The summed E-state index contributed by atoms with van der Waals surface area (Å²) < 4.78 is 37.5. The molecule has 0 aliphatic heterocycles. The number of anilines is 2. The lowest BCUT2D eigenvalue weighted by Gasteiger charge is -2.10. The van der Waals surface area contributed by atoms with Gasteiger partial charge in [0.05, 0.1) is 28.4 Å². The van der Waals surface area contributed by atoms with Gasteiger partial charge in [-0.3, -0.25) is 4.79 Å². The predicted molar refractivity (Wildman–Crippen MR) is 75.3 cm³/mol. The number of nitrogen functional groups attached to an aromatic ring is 1. The van der Waals surface area contributed by atoms with Crippen LogP contribution in [-0.2, 0) is 17.4 Å². The Bertz CT molecular complexity index is 672. The number of benzene rings is 1. The number of aromatic nitrogens is 1. The van der Waals surface area contributed by atoms with Gasteiger partial charge < -0.3 is 11.1 Å². The first-order valence-corrected chi connectivity index (χ1v) is 6.88. The van der Waals surface area contributed by atoms with E-state index in [2.05, 4.69) is 10.3 Å². The summed E-state index contributed by atoms with van der Waals surface area (Å²) in [4.78, 5) is 15.7. The van der Waals surface area contributed by atoms with Crippen LogP contribution >= 0.6 is 22.9 Å². The molecule has 1 aromatic heterocycles. The molecule has 112 valence electrons. The quantitative estimate of drug-likeness (QED) is 0.901. The van der Waals surface area contributed by atoms with Gasteiger partial charge in [0, 0.05) is 5.38 Å². The number of nitrogens with zero attached hydrogens (tertiary/aromatic N) is 1. The normalized spacial score (nSPS) is 11.4. The van der Waals surface area contributed by atoms with Gasteiger partial charge in [-0.15, -0.1) is 11.3 Å². The number of halogens is 4. The van der Waals surface area contributed by atoms with E-state index in [1.165, 1.54) is 11.3 Å². The van der Waals surface area contributed by atoms with Crippen LogP contribution in [0, 0.1) is 0 Å². The van der Waals surface area contributed by atoms with Crippen molar-refractivity contribution in [1.82, 2.24) is 4.98 Å². The maximum Gasteiger partial charge on any atom is 0.416 e. The Hall–Kier alpha value is -1.80. The van der Waals surface area contributed by atoms with E-state index >= 15 is 0 Å². The lowest BCUT2D eigenvalue weighted by Crippen LogP contribution is -2.15. The maximum absolute atomic E-state index is 12.5. The molecule has 0 aliphatic rings. The molecule has 4 nitrogen and oxygen atoms in total. The number of carbonyl (C=O) groups excluding carboxylic acids is 1. The average Bonchev–Trinajstić information content (AvgIpc) is 2.76. The van der Waals surface area contributed by atoms with Crippen LogP contribution in [0.1, 0.15) is 11.3 Å². The second kappa shape index (κ2) is 5.90. The number of thiazole rings is 1. The molecular weight excluding hydrogens is 327 g/mol. The van der Waals surface area contributed by atoms with Crippen LogP contribution < -0.4 is 11.1 Å². The summed E-state index contributed by atoms with van der Waals surface area (Å²) in [5, 5.41) is 4.21. The number of carbonyl (C=O) groups is 1. The summed E-state index contributed by atoms with van der Waals surface area (Å²) in [5.41, 5.74) is 5.15. The van der Waals surface area contributed by atoms with Crippen LogP contribution in [0.5, 0.6) is 0 Å². The number of nitrogens with two attached hydrogens (primary N) is 1. The Balaban J connectivity index is 2.07. The minimum atomic E-state index is -4.48. The monoisotopic (exact) mass is 335 g/mol. The molecule has 0 saturated carbocycles. The molecule has 0 spiro atoms. The summed E-state index contributed by atoms with van der Waals surface area (Å²) in [6.45, 7) is 0. The molecule has 0 unspecified atom stereocenters. The Morgan fingerprint density at radius 2 is 2.14 bits per heavy atom. The number of nitrogens with one attached hydrogen (secondary N) is 1. The van der Waals surface area contributed by atoms with Gasteiger partial charge in [0.1, 0.15) is 0 Å². The van der Waals surface area contributed by atoms with Crippen molar-refractivity contribution in [1.29, 1.82) is 0 Å². The van der Waals surface area contributed by atoms with Gasteiger partial charge in [0.15, 0.2) is 5.13 Å². The smallest absolute Gasteiger partial charge is 0.375 e. The standard InChI is InChI=1S/C12H9ClF3N3OS/c13-8-3-6(12(14,15)16)1-2-9(8)19-10(20)4-7-5-21-11(17)18-7/h1-3,5H,4H2,(H2,17,18)(H,19,20). The highest BCUT2D eigenvalue weighted by molar-refractivity contribution is 7.13. The molecule has 1 heterocycles. The number of hydrogen-bond acceptors (Lipinski definition) is 4. The van der Waals surface area contributed by atoms with Crippen LogP contribution in [0.4, 0.5) is 24.0 Å². The van der Waals surface area contributed by atoms with Crippen molar-refractivity contribution in [2.24, 2.45) is 0 Å². The highest BCUT2D eigenvalue weighted by atomic mass is 35.5. The van der Waals surface area contributed by atoms with E-state index in [9.17, 15) is 18.0 Å². The largest absolute Gasteiger partial charge is 0.416 e. The average molecular weight is 336 g/mol. The first-order valence-electron chi connectivity index (χ1n) is 5.62. The lowest BCUT2D eigenvalue weighted by molar-refractivity contribution is -0.137. The first kappa shape index (κ1) is 15.6. The van der Waals surface area contributed by atoms with Crippen molar-refractivity contribution in [2.45, 2.75) is 12.6 Å². The molecule has 2 aromatic rings.